The third-order valence-electron chi connectivity index (χ3n) is 4.34. The lowest BCUT2D eigenvalue weighted by molar-refractivity contribution is -0.153. The van der Waals surface area contributed by atoms with Gasteiger partial charge in [0, 0.05) is 5.70 Å². The molecule has 1 saturated carbocycles. The standard InChI is InChI=1S/C18H19FN2O3/c1-12(21)15(10-20)16(22)11-24-17(23)18(7-2-3-8-18)13-5-4-6-14(19)9-13/h4-6,9H,2-3,7-8,11,21H2,1H3/b15-12+. The van der Waals surface area contributed by atoms with Gasteiger partial charge in [0.05, 0.1) is 5.41 Å². The Morgan fingerprint density at radius 2 is 2.04 bits per heavy atom. The Morgan fingerprint density at radius 1 is 1.38 bits per heavy atom. The molecule has 0 amide bonds. The highest BCUT2D eigenvalue weighted by Gasteiger charge is 2.44. The van der Waals surface area contributed by atoms with Gasteiger partial charge in [-0.15, -0.1) is 0 Å². The summed E-state index contributed by atoms with van der Waals surface area (Å²) in [6, 6.07) is 7.60. The average Bonchev–Trinajstić information content (AvgIpc) is 3.04. The van der Waals surface area contributed by atoms with Gasteiger partial charge in [-0.1, -0.05) is 25.0 Å². The fourth-order valence-electron chi connectivity index (χ4n) is 3.09. The summed E-state index contributed by atoms with van der Waals surface area (Å²) in [6.45, 7) is 0.886. The highest BCUT2D eigenvalue weighted by atomic mass is 19.1. The lowest BCUT2D eigenvalue weighted by Crippen LogP contribution is -2.36. The summed E-state index contributed by atoms with van der Waals surface area (Å²) in [6.07, 6.45) is 2.73. The molecule has 126 valence electrons. The topological polar surface area (TPSA) is 93.2 Å². The van der Waals surface area contributed by atoms with Gasteiger partial charge in [0.25, 0.3) is 0 Å². The van der Waals surface area contributed by atoms with Gasteiger partial charge in [0.1, 0.15) is 17.5 Å². The molecule has 0 aromatic heterocycles. The highest BCUT2D eigenvalue weighted by Crippen LogP contribution is 2.42. The quantitative estimate of drug-likeness (QED) is 0.508. The second kappa shape index (κ2) is 7.26. The number of carbonyl (C=O) groups is 2. The van der Waals surface area contributed by atoms with Gasteiger partial charge in [0.15, 0.2) is 6.61 Å². The van der Waals surface area contributed by atoms with Gasteiger partial charge in [-0.25, -0.2) is 4.39 Å². The molecule has 0 aliphatic heterocycles. The lowest BCUT2D eigenvalue weighted by Gasteiger charge is -2.27. The van der Waals surface area contributed by atoms with Crippen LogP contribution in [0.4, 0.5) is 4.39 Å². The van der Waals surface area contributed by atoms with E-state index in [1.165, 1.54) is 19.1 Å². The summed E-state index contributed by atoms with van der Waals surface area (Å²) in [4.78, 5) is 24.6. The molecular formula is C18H19FN2O3. The normalized spacial score (nSPS) is 16.9. The number of ketones is 1. The van der Waals surface area contributed by atoms with E-state index in [9.17, 15) is 14.0 Å². The van der Waals surface area contributed by atoms with Gasteiger partial charge in [-0.3, -0.25) is 9.59 Å². The predicted molar refractivity (Wildman–Crippen MR) is 85.0 cm³/mol. The number of ether oxygens (including phenoxy) is 1. The first-order valence-electron chi connectivity index (χ1n) is 7.73. The molecule has 0 saturated heterocycles. The first-order valence-corrected chi connectivity index (χ1v) is 7.73. The van der Waals surface area contributed by atoms with Gasteiger partial charge in [-0.2, -0.15) is 5.26 Å². The number of halogens is 1. The van der Waals surface area contributed by atoms with Crippen LogP contribution in [-0.4, -0.2) is 18.4 Å². The van der Waals surface area contributed by atoms with Crippen molar-refractivity contribution in [3.05, 3.63) is 46.9 Å². The van der Waals surface area contributed by atoms with Crippen LogP contribution in [-0.2, 0) is 19.7 Å². The largest absolute Gasteiger partial charge is 0.457 e. The van der Waals surface area contributed by atoms with Crippen molar-refractivity contribution in [2.75, 3.05) is 6.61 Å². The van der Waals surface area contributed by atoms with Crippen molar-refractivity contribution in [2.45, 2.75) is 38.0 Å². The van der Waals surface area contributed by atoms with Crippen molar-refractivity contribution in [3.8, 4) is 6.07 Å². The van der Waals surface area contributed by atoms with Crippen LogP contribution in [0.25, 0.3) is 0 Å². The van der Waals surface area contributed by atoms with Crippen LogP contribution >= 0.6 is 0 Å². The number of carbonyl (C=O) groups excluding carboxylic acids is 2. The Morgan fingerprint density at radius 3 is 2.58 bits per heavy atom. The first-order chi connectivity index (χ1) is 11.4. The zero-order valence-corrected chi connectivity index (χ0v) is 13.5. The number of esters is 1. The molecule has 0 spiro atoms. The molecule has 0 bridgehead atoms. The number of nitrogens with zero attached hydrogens (tertiary/aromatic N) is 1. The van der Waals surface area contributed by atoms with Gasteiger partial charge >= 0.3 is 5.97 Å². The summed E-state index contributed by atoms with van der Waals surface area (Å²) in [5, 5.41) is 8.91. The maximum atomic E-state index is 13.5. The Balaban J connectivity index is 2.18. The van der Waals surface area contributed by atoms with Crippen LogP contribution in [0.15, 0.2) is 35.5 Å². The Kier molecular flexibility index (Phi) is 5.35. The first kappa shape index (κ1) is 17.7. The summed E-state index contributed by atoms with van der Waals surface area (Å²) < 4.78 is 18.7. The molecule has 0 atom stereocenters. The van der Waals surface area contributed by atoms with Crippen molar-refractivity contribution in [2.24, 2.45) is 5.73 Å². The van der Waals surface area contributed by atoms with Gasteiger partial charge in [-0.05, 0) is 37.5 Å². The second-order valence-corrected chi connectivity index (χ2v) is 5.97. The van der Waals surface area contributed by atoms with E-state index in [-0.39, 0.29) is 11.3 Å². The van der Waals surface area contributed by atoms with E-state index in [0.717, 1.165) is 12.8 Å². The maximum Gasteiger partial charge on any atom is 0.317 e. The molecule has 1 aromatic carbocycles. The van der Waals surface area contributed by atoms with Gasteiger partial charge in [0.2, 0.25) is 5.78 Å². The second-order valence-electron chi connectivity index (χ2n) is 5.97. The van der Waals surface area contributed by atoms with E-state index in [1.54, 1.807) is 18.2 Å². The third-order valence-corrected chi connectivity index (χ3v) is 4.34. The van der Waals surface area contributed by atoms with E-state index in [2.05, 4.69) is 0 Å². The molecule has 1 fully saturated rings. The van der Waals surface area contributed by atoms with Crippen LogP contribution < -0.4 is 5.73 Å². The minimum atomic E-state index is -0.934. The number of benzene rings is 1. The molecule has 0 heterocycles. The number of hydrogen-bond donors (Lipinski definition) is 1. The van der Waals surface area contributed by atoms with Crippen molar-refractivity contribution >= 4 is 11.8 Å². The molecule has 0 unspecified atom stereocenters. The van der Waals surface area contributed by atoms with Crippen LogP contribution in [0.1, 0.15) is 38.2 Å². The zero-order valence-electron chi connectivity index (χ0n) is 13.5. The summed E-state index contributed by atoms with van der Waals surface area (Å²) in [5.74, 6) is -1.62. The number of Topliss-reactive ketones (excluding diaryl/α,β-unsaturated/α-hetero) is 1. The van der Waals surface area contributed by atoms with Crippen molar-refractivity contribution in [1.29, 1.82) is 5.26 Å². The SMILES string of the molecule is C/C(N)=C(/C#N)C(=O)COC(=O)C1(c2cccc(F)c2)CCCC1. The minimum Gasteiger partial charge on any atom is -0.457 e. The summed E-state index contributed by atoms with van der Waals surface area (Å²) >= 11 is 0. The molecule has 6 heteroatoms. The molecule has 2 rings (SSSR count). The molecule has 1 aliphatic carbocycles. The minimum absolute atomic E-state index is 0.0826. The summed E-state index contributed by atoms with van der Waals surface area (Å²) in [7, 11) is 0. The maximum absolute atomic E-state index is 13.5. The Bertz CT molecular complexity index is 724. The Hall–Kier alpha value is -2.68. The van der Waals surface area contributed by atoms with Crippen molar-refractivity contribution in [3.63, 3.8) is 0 Å². The molecule has 2 N–H and O–H groups in total. The molecule has 5 nitrogen and oxygen atoms in total. The van der Waals surface area contributed by atoms with Gasteiger partial charge < -0.3 is 10.5 Å². The number of allylic oxidation sites excluding steroid dienone is 1. The van der Waals surface area contributed by atoms with Crippen LogP contribution in [0, 0.1) is 17.1 Å². The van der Waals surface area contributed by atoms with Crippen molar-refractivity contribution in [1.82, 2.24) is 0 Å². The number of nitriles is 1. The van der Waals surface area contributed by atoms with Crippen LogP contribution in [0.5, 0.6) is 0 Å². The van der Waals surface area contributed by atoms with Crippen LogP contribution in [0.3, 0.4) is 0 Å². The van der Waals surface area contributed by atoms with E-state index in [4.69, 9.17) is 15.7 Å². The lowest BCUT2D eigenvalue weighted by atomic mass is 9.79. The number of hydrogen-bond acceptors (Lipinski definition) is 5. The summed E-state index contributed by atoms with van der Waals surface area (Å²) in [5.41, 5.74) is 4.96. The highest BCUT2D eigenvalue weighted by molar-refractivity contribution is 6.01. The molecule has 1 aromatic rings. The van der Waals surface area contributed by atoms with E-state index in [0.29, 0.717) is 18.4 Å². The molecular weight excluding hydrogens is 311 g/mol. The number of rotatable bonds is 5. The smallest absolute Gasteiger partial charge is 0.317 e. The molecule has 1 aliphatic rings. The third kappa shape index (κ3) is 3.46. The Labute approximate surface area is 139 Å². The molecule has 0 radical (unpaired) electrons. The molecule has 24 heavy (non-hydrogen) atoms. The average molecular weight is 330 g/mol. The zero-order chi connectivity index (χ0) is 17.7. The van der Waals surface area contributed by atoms with Crippen LogP contribution in [0.2, 0.25) is 0 Å². The van der Waals surface area contributed by atoms with Crippen molar-refractivity contribution < 1.29 is 18.7 Å². The van der Waals surface area contributed by atoms with E-state index in [1.807, 2.05) is 0 Å². The van der Waals surface area contributed by atoms with E-state index < -0.39 is 29.6 Å². The predicted octanol–water partition coefficient (Wildman–Crippen LogP) is 2.51. The number of nitrogens with two attached hydrogens (primary N) is 1. The fraction of sp³-hybridized carbons (Fsp3) is 0.389. The monoisotopic (exact) mass is 330 g/mol. The fourth-order valence-corrected chi connectivity index (χ4v) is 3.09. The van der Waals surface area contributed by atoms with E-state index >= 15 is 0 Å².